The van der Waals surface area contributed by atoms with Gasteiger partial charge in [0.2, 0.25) is 11.8 Å². The SMILES string of the molecule is CCNC(=O)[C@@H](C)N(Cc1ccccc1F)C(=O)CCc1ccc(CC)cc1. The Labute approximate surface area is 166 Å². The highest BCUT2D eigenvalue weighted by Gasteiger charge is 2.26. The first-order chi connectivity index (χ1) is 13.5. The number of amides is 2. The van der Waals surface area contributed by atoms with E-state index in [1.54, 1.807) is 25.1 Å². The van der Waals surface area contributed by atoms with Gasteiger partial charge in [0.1, 0.15) is 11.9 Å². The Morgan fingerprint density at radius 2 is 1.68 bits per heavy atom. The summed E-state index contributed by atoms with van der Waals surface area (Å²) >= 11 is 0. The smallest absolute Gasteiger partial charge is 0.242 e. The first-order valence-corrected chi connectivity index (χ1v) is 9.84. The van der Waals surface area contributed by atoms with E-state index in [9.17, 15) is 14.0 Å². The predicted octanol–water partition coefficient (Wildman–Crippen LogP) is 3.87. The second kappa shape index (κ2) is 10.6. The van der Waals surface area contributed by atoms with Gasteiger partial charge >= 0.3 is 0 Å². The highest BCUT2D eigenvalue weighted by molar-refractivity contribution is 5.87. The van der Waals surface area contributed by atoms with Crippen LogP contribution in [0.2, 0.25) is 0 Å². The minimum atomic E-state index is -0.672. The zero-order valence-corrected chi connectivity index (χ0v) is 16.9. The van der Waals surface area contributed by atoms with E-state index in [0.29, 0.717) is 18.5 Å². The highest BCUT2D eigenvalue weighted by atomic mass is 19.1. The molecule has 0 spiro atoms. The summed E-state index contributed by atoms with van der Waals surface area (Å²) in [5.74, 6) is -0.778. The zero-order valence-electron chi connectivity index (χ0n) is 16.9. The molecule has 2 aromatic carbocycles. The minimum absolute atomic E-state index is 0.0680. The zero-order chi connectivity index (χ0) is 20.5. The lowest BCUT2D eigenvalue weighted by atomic mass is 10.0. The summed E-state index contributed by atoms with van der Waals surface area (Å²) in [5, 5.41) is 2.74. The minimum Gasteiger partial charge on any atom is -0.355 e. The predicted molar refractivity (Wildman–Crippen MR) is 109 cm³/mol. The van der Waals surface area contributed by atoms with Crippen molar-refractivity contribution in [1.82, 2.24) is 10.2 Å². The molecule has 0 unspecified atom stereocenters. The van der Waals surface area contributed by atoms with E-state index in [1.807, 2.05) is 19.1 Å². The third kappa shape index (κ3) is 5.91. The van der Waals surface area contributed by atoms with Gasteiger partial charge in [0.25, 0.3) is 0 Å². The average molecular weight is 384 g/mol. The van der Waals surface area contributed by atoms with Crippen LogP contribution in [-0.4, -0.2) is 29.3 Å². The number of halogens is 1. The molecule has 0 aliphatic carbocycles. The van der Waals surface area contributed by atoms with Gasteiger partial charge in [-0.25, -0.2) is 4.39 Å². The lowest BCUT2D eigenvalue weighted by Crippen LogP contribution is -2.47. The number of nitrogens with zero attached hydrogens (tertiary/aromatic N) is 1. The maximum absolute atomic E-state index is 14.1. The van der Waals surface area contributed by atoms with Crippen LogP contribution in [-0.2, 0) is 29.0 Å². The highest BCUT2D eigenvalue weighted by Crippen LogP contribution is 2.15. The van der Waals surface area contributed by atoms with Crippen molar-refractivity contribution in [3.05, 3.63) is 71.0 Å². The number of hydrogen-bond donors (Lipinski definition) is 1. The Hall–Kier alpha value is -2.69. The fourth-order valence-corrected chi connectivity index (χ4v) is 3.05. The first-order valence-electron chi connectivity index (χ1n) is 9.84. The van der Waals surface area contributed by atoms with Crippen LogP contribution >= 0.6 is 0 Å². The largest absolute Gasteiger partial charge is 0.355 e. The summed E-state index contributed by atoms with van der Waals surface area (Å²) < 4.78 is 14.1. The maximum Gasteiger partial charge on any atom is 0.242 e. The van der Waals surface area contributed by atoms with Crippen molar-refractivity contribution >= 4 is 11.8 Å². The first kappa shape index (κ1) is 21.6. The van der Waals surface area contributed by atoms with Crippen LogP contribution in [0, 0.1) is 5.82 Å². The third-order valence-electron chi connectivity index (χ3n) is 4.88. The van der Waals surface area contributed by atoms with Crippen LogP contribution in [0.5, 0.6) is 0 Å². The van der Waals surface area contributed by atoms with Gasteiger partial charge in [-0.2, -0.15) is 0 Å². The van der Waals surface area contributed by atoms with Crippen LogP contribution in [0.3, 0.4) is 0 Å². The molecule has 4 nitrogen and oxygen atoms in total. The van der Waals surface area contributed by atoms with Gasteiger partial charge in [-0.3, -0.25) is 9.59 Å². The number of carbonyl (C=O) groups excluding carboxylic acids is 2. The van der Waals surface area contributed by atoms with Crippen molar-refractivity contribution < 1.29 is 14.0 Å². The van der Waals surface area contributed by atoms with E-state index in [2.05, 4.69) is 24.4 Å². The standard InChI is InChI=1S/C23H29FN2O2/c1-4-18-10-12-19(13-11-18)14-15-22(27)26(17(3)23(28)25-5-2)16-20-8-6-7-9-21(20)24/h6-13,17H,4-5,14-16H2,1-3H3,(H,25,28)/t17-/m1/s1. The number of nitrogens with one attached hydrogen (secondary N) is 1. The van der Waals surface area contributed by atoms with Gasteiger partial charge in [-0.1, -0.05) is 49.4 Å². The fourth-order valence-electron chi connectivity index (χ4n) is 3.05. The monoisotopic (exact) mass is 384 g/mol. The average Bonchev–Trinajstić information content (AvgIpc) is 2.71. The Kier molecular flexibility index (Phi) is 8.18. The second-order valence-electron chi connectivity index (χ2n) is 6.85. The Morgan fingerprint density at radius 3 is 2.29 bits per heavy atom. The molecule has 0 aromatic heterocycles. The number of benzene rings is 2. The lowest BCUT2D eigenvalue weighted by Gasteiger charge is -2.29. The van der Waals surface area contributed by atoms with Crippen LogP contribution in [0.25, 0.3) is 0 Å². The summed E-state index contributed by atoms with van der Waals surface area (Å²) in [4.78, 5) is 26.7. The summed E-state index contributed by atoms with van der Waals surface area (Å²) in [6.45, 7) is 6.16. The molecule has 2 rings (SSSR count). The van der Waals surface area contributed by atoms with Crippen LogP contribution in [0.15, 0.2) is 48.5 Å². The molecule has 0 aliphatic rings. The molecule has 0 saturated heterocycles. The lowest BCUT2D eigenvalue weighted by molar-refractivity contribution is -0.140. The molecule has 2 aromatic rings. The van der Waals surface area contributed by atoms with Crippen LogP contribution in [0.1, 0.15) is 43.9 Å². The van der Waals surface area contributed by atoms with E-state index in [4.69, 9.17) is 0 Å². The van der Waals surface area contributed by atoms with Gasteiger partial charge < -0.3 is 10.2 Å². The van der Waals surface area contributed by atoms with E-state index < -0.39 is 6.04 Å². The molecule has 0 heterocycles. The summed E-state index contributed by atoms with van der Waals surface area (Å²) in [6, 6.07) is 13.9. The Morgan fingerprint density at radius 1 is 1.04 bits per heavy atom. The maximum atomic E-state index is 14.1. The van der Waals surface area contributed by atoms with Crippen LogP contribution in [0.4, 0.5) is 4.39 Å². The molecular weight excluding hydrogens is 355 g/mol. The van der Waals surface area contributed by atoms with Gasteiger partial charge in [-0.15, -0.1) is 0 Å². The molecule has 5 heteroatoms. The molecule has 150 valence electrons. The van der Waals surface area contributed by atoms with Gasteiger partial charge in [-0.05, 0) is 43.9 Å². The number of hydrogen-bond acceptors (Lipinski definition) is 2. The third-order valence-corrected chi connectivity index (χ3v) is 4.88. The van der Waals surface area contributed by atoms with E-state index in [0.717, 1.165) is 12.0 Å². The van der Waals surface area contributed by atoms with Crippen molar-refractivity contribution in [2.24, 2.45) is 0 Å². The van der Waals surface area contributed by atoms with Crippen molar-refractivity contribution in [3.63, 3.8) is 0 Å². The van der Waals surface area contributed by atoms with Crippen LogP contribution < -0.4 is 5.32 Å². The second-order valence-corrected chi connectivity index (χ2v) is 6.85. The van der Waals surface area contributed by atoms with Gasteiger partial charge in [0, 0.05) is 25.1 Å². The van der Waals surface area contributed by atoms with Crippen molar-refractivity contribution in [2.45, 2.75) is 52.6 Å². The molecular formula is C23H29FN2O2. The summed E-state index contributed by atoms with van der Waals surface area (Å²) in [5.41, 5.74) is 2.72. The fraction of sp³-hybridized carbons (Fsp3) is 0.391. The molecule has 0 radical (unpaired) electrons. The van der Waals surface area contributed by atoms with Gasteiger partial charge in [0.05, 0.1) is 0 Å². The molecule has 1 N–H and O–H groups in total. The van der Waals surface area contributed by atoms with Crippen molar-refractivity contribution in [1.29, 1.82) is 0 Å². The normalized spacial score (nSPS) is 11.7. The number of rotatable bonds is 9. The summed E-state index contributed by atoms with van der Waals surface area (Å²) in [6.07, 6.45) is 1.82. The molecule has 28 heavy (non-hydrogen) atoms. The summed E-state index contributed by atoms with van der Waals surface area (Å²) in [7, 11) is 0. The van der Waals surface area contributed by atoms with Gasteiger partial charge in [0.15, 0.2) is 0 Å². The topological polar surface area (TPSA) is 49.4 Å². The Bertz CT molecular complexity index is 789. The molecule has 1 atom stereocenters. The van der Waals surface area contributed by atoms with E-state index in [-0.39, 0.29) is 30.6 Å². The van der Waals surface area contributed by atoms with E-state index >= 15 is 0 Å². The number of likely N-dealkylation sites (N-methyl/N-ethyl adjacent to an activating group) is 1. The van der Waals surface area contributed by atoms with E-state index in [1.165, 1.54) is 16.5 Å². The molecule has 0 fully saturated rings. The molecule has 2 amide bonds. The quantitative estimate of drug-likeness (QED) is 0.713. The molecule has 0 saturated carbocycles. The van der Waals surface area contributed by atoms with Crippen molar-refractivity contribution in [2.75, 3.05) is 6.54 Å². The Balaban J connectivity index is 2.12. The molecule has 0 bridgehead atoms. The number of aryl methyl sites for hydroxylation is 2. The van der Waals surface area contributed by atoms with Crippen molar-refractivity contribution in [3.8, 4) is 0 Å². The number of carbonyl (C=O) groups is 2. The molecule has 0 aliphatic heterocycles.